The molecule has 1 aromatic rings. The van der Waals surface area contributed by atoms with Crippen LogP contribution in [0, 0.1) is 5.92 Å². The first kappa shape index (κ1) is 14.1. The molecule has 1 saturated heterocycles. The molecule has 1 aliphatic rings. The summed E-state index contributed by atoms with van der Waals surface area (Å²) in [7, 11) is 0. The summed E-state index contributed by atoms with van der Waals surface area (Å²) in [5, 5.41) is 0.124. The van der Waals surface area contributed by atoms with E-state index in [0.29, 0.717) is 13.1 Å². The van der Waals surface area contributed by atoms with E-state index in [1.165, 1.54) is 4.90 Å². The molecule has 19 heavy (non-hydrogen) atoms. The fourth-order valence-electron chi connectivity index (χ4n) is 2.07. The average Bonchev–Trinajstić information content (AvgIpc) is 2.69. The van der Waals surface area contributed by atoms with Crippen molar-refractivity contribution < 1.29 is 18.0 Å². The Labute approximate surface area is 113 Å². The van der Waals surface area contributed by atoms with Gasteiger partial charge in [0.15, 0.2) is 0 Å². The number of carbonyl (C=O) groups excluding carboxylic acids is 1. The van der Waals surface area contributed by atoms with Gasteiger partial charge in [-0.25, -0.2) is 0 Å². The van der Waals surface area contributed by atoms with Crippen molar-refractivity contribution in [2.75, 3.05) is 18.0 Å². The van der Waals surface area contributed by atoms with Gasteiger partial charge in [0.1, 0.15) is 0 Å². The van der Waals surface area contributed by atoms with Crippen molar-refractivity contribution in [2.45, 2.75) is 12.6 Å². The van der Waals surface area contributed by atoms with E-state index in [2.05, 4.69) is 0 Å². The predicted octanol–water partition coefficient (Wildman–Crippen LogP) is 2.67. The zero-order valence-electron chi connectivity index (χ0n) is 9.88. The number of anilines is 1. The summed E-state index contributed by atoms with van der Waals surface area (Å²) in [5.41, 5.74) is 4.75. The molecule has 1 amide bonds. The number of rotatable bonds is 2. The van der Waals surface area contributed by atoms with E-state index in [0.717, 1.165) is 18.2 Å². The lowest BCUT2D eigenvalue weighted by molar-refractivity contribution is -0.137. The number of amides is 1. The Balaban J connectivity index is 2.37. The first-order chi connectivity index (χ1) is 8.82. The molecule has 1 atom stereocenters. The summed E-state index contributed by atoms with van der Waals surface area (Å²) in [5.74, 6) is -0.296. The summed E-state index contributed by atoms with van der Waals surface area (Å²) in [6.07, 6.45) is -4.22. The molecule has 1 fully saturated rings. The van der Waals surface area contributed by atoms with Gasteiger partial charge in [0.25, 0.3) is 0 Å². The molecule has 0 spiro atoms. The largest absolute Gasteiger partial charge is 0.416 e. The van der Waals surface area contributed by atoms with Gasteiger partial charge in [-0.2, -0.15) is 13.2 Å². The zero-order valence-corrected chi connectivity index (χ0v) is 10.6. The summed E-state index contributed by atoms with van der Waals surface area (Å²) < 4.78 is 38.0. The second kappa shape index (κ2) is 5.02. The summed E-state index contributed by atoms with van der Waals surface area (Å²) in [6.45, 7) is 0.620. The third-order valence-corrected chi connectivity index (χ3v) is 3.42. The fourth-order valence-corrected chi connectivity index (χ4v) is 2.29. The van der Waals surface area contributed by atoms with Crippen LogP contribution >= 0.6 is 11.6 Å². The predicted molar refractivity (Wildman–Crippen MR) is 66.0 cm³/mol. The zero-order chi connectivity index (χ0) is 14.2. The molecular weight excluding hydrogens is 281 g/mol. The number of alkyl halides is 3. The molecule has 1 aliphatic heterocycles. The molecule has 0 radical (unpaired) electrons. The SMILES string of the molecule is NCC1CC(=O)N(c2cc(C(F)(F)F)ccc2Cl)C1. The van der Waals surface area contributed by atoms with Gasteiger partial charge < -0.3 is 10.6 Å². The molecule has 0 aromatic heterocycles. The Morgan fingerprint density at radius 2 is 2.11 bits per heavy atom. The van der Waals surface area contributed by atoms with Crippen molar-refractivity contribution in [2.24, 2.45) is 11.7 Å². The summed E-state index contributed by atoms with van der Waals surface area (Å²) in [4.78, 5) is 13.1. The Morgan fingerprint density at radius 3 is 2.63 bits per heavy atom. The van der Waals surface area contributed by atoms with Crippen LogP contribution in [-0.2, 0) is 11.0 Å². The lowest BCUT2D eigenvalue weighted by Gasteiger charge is -2.19. The molecule has 1 heterocycles. The van der Waals surface area contributed by atoms with Crippen LogP contribution in [0.2, 0.25) is 5.02 Å². The number of nitrogens with two attached hydrogens (primary N) is 1. The van der Waals surface area contributed by atoms with Gasteiger partial charge in [-0.05, 0) is 30.7 Å². The first-order valence-electron chi connectivity index (χ1n) is 5.70. The maximum Gasteiger partial charge on any atom is 0.416 e. The van der Waals surface area contributed by atoms with Crippen LogP contribution in [0.25, 0.3) is 0 Å². The Morgan fingerprint density at radius 1 is 1.42 bits per heavy atom. The molecule has 3 nitrogen and oxygen atoms in total. The minimum absolute atomic E-state index is 0.0434. The quantitative estimate of drug-likeness (QED) is 0.911. The van der Waals surface area contributed by atoms with Gasteiger partial charge in [-0.15, -0.1) is 0 Å². The average molecular weight is 293 g/mol. The highest BCUT2D eigenvalue weighted by Crippen LogP contribution is 2.37. The van der Waals surface area contributed by atoms with Crippen LogP contribution in [0.3, 0.4) is 0 Å². The molecule has 2 N–H and O–H groups in total. The fraction of sp³-hybridized carbons (Fsp3) is 0.417. The Kier molecular flexibility index (Phi) is 3.73. The monoisotopic (exact) mass is 292 g/mol. The molecular formula is C12H12ClF3N2O. The van der Waals surface area contributed by atoms with Crippen molar-refractivity contribution >= 4 is 23.2 Å². The third kappa shape index (κ3) is 2.84. The minimum atomic E-state index is -4.46. The highest BCUT2D eigenvalue weighted by atomic mass is 35.5. The number of carbonyl (C=O) groups is 1. The topological polar surface area (TPSA) is 46.3 Å². The van der Waals surface area contributed by atoms with Crippen LogP contribution in [0.5, 0.6) is 0 Å². The lowest BCUT2D eigenvalue weighted by atomic mass is 10.1. The van der Waals surface area contributed by atoms with Crippen molar-refractivity contribution in [3.8, 4) is 0 Å². The van der Waals surface area contributed by atoms with Crippen LogP contribution in [-0.4, -0.2) is 19.0 Å². The van der Waals surface area contributed by atoms with E-state index >= 15 is 0 Å². The molecule has 1 unspecified atom stereocenters. The van der Waals surface area contributed by atoms with E-state index < -0.39 is 11.7 Å². The van der Waals surface area contributed by atoms with E-state index in [1.807, 2.05) is 0 Å². The number of hydrogen-bond donors (Lipinski definition) is 1. The van der Waals surface area contributed by atoms with Gasteiger partial charge in [0, 0.05) is 13.0 Å². The number of nitrogens with zero attached hydrogens (tertiary/aromatic N) is 1. The number of benzene rings is 1. The summed E-state index contributed by atoms with van der Waals surface area (Å²) >= 11 is 5.89. The van der Waals surface area contributed by atoms with E-state index in [4.69, 9.17) is 17.3 Å². The van der Waals surface area contributed by atoms with Crippen LogP contribution < -0.4 is 10.6 Å². The van der Waals surface area contributed by atoms with Crippen molar-refractivity contribution in [1.29, 1.82) is 0 Å². The third-order valence-electron chi connectivity index (χ3n) is 3.10. The molecule has 0 saturated carbocycles. The first-order valence-corrected chi connectivity index (χ1v) is 6.08. The van der Waals surface area contributed by atoms with E-state index in [9.17, 15) is 18.0 Å². The maximum absolute atomic E-state index is 12.7. The summed E-state index contributed by atoms with van der Waals surface area (Å²) in [6, 6.07) is 2.95. The van der Waals surface area contributed by atoms with Gasteiger partial charge in [-0.1, -0.05) is 11.6 Å². The van der Waals surface area contributed by atoms with Crippen molar-refractivity contribution in [1.82, 2.24) is 0 Å². The minimum Gasteiger partial charge on any atom is -0.330 e. The van der Waals surface area contributed by atoms with E-state index in [1.54, 1.807) is 0 Å². The van der Waals surface area contributed by atoms with Crippen LogP contribution in [0.15, 0.2) is 18.2 Å². The second-order valence-corrected chi connectivity index (χ2v) is 4.88. The Bertz CT molecular complexity index is 504. The van der Waals surface area contributed by atoms with Crippen molar-refractivity contribution in [3.05, 3.63) is 28.8 Å². The molecule has 2 rings (SSSR count). The standard InChI is InChI=1S/C12H12ClF3N2O/c13-9-2-1-8(12(14,15)16)4-10(9)18-6-7(5-17)3-11(18)19/h1-2,4,7H,3,5-6,17H2. The number of halogens is 4. The second-order valence-electron chi connectivity index (χ2n) is 4.47. The lowest BCUT2D eigenvalue weighted by Crippen LogP contribution is -2.26. The molecule has 1 aromatic carbocycles. The van der Waals surface area contributed by atoms with Crippen LogP contribution in [0.4, 0.5) is 18.9 Å². The molecule has 0 aliphatic carbocycles. The highest BCUT2D eigenvalue weighted by Gasteiger charge is 2.34. The molecule has 7 heteroatoms. The van der Waals surface area contributed by atoms with Crippen LogP contribution in [0.1, 0.15) is 12.0 Å². The number of hydrogen-bond acceptors (Lipinski definition) is 2. The van der Waals surface area contributed by atoms with Gasteiger partial charge >= 0.3 is 6.18 Å². The Hall–Kier alpha value is -1.27. The van der Waals surface area contributed by atoms with E-state index in [-0.39, 0.29) is 29.0 Å². The van der Waals surface area contributed by atoms with Gasteiger partial charge in [-0.3, -0.25) is 4.79 Å². The molecule has 0 bridgehead atoms. The van der Waals surface area contributed by atoms with Gasteiger partial charge in [0.2, 0.25) is 5.91 Å². The highest BCUT2D eigenvalue weighted by molar-refractivity contribution is 6.33. The molecule has 104 valence electrons. The van der Waals surface area contributed by atoms with Crippen molar-refractivity contribution in [3.63, 3.8) is 0 Å². The van der Waals surface area contributed by atoms with Gasteiger partial charge in [0.05, 0.1) is 16.3 Å². The normalized spacial score (nSPS) is 20.2. The maximum atomic E-state index is 12.7. The smallest absolute Gasteiger partial charge is 0.330 e.